The minimum Gasteiger partial charge on any atom is -0.349 e. The van der Waals surface area contributed by atoms with Gasteiger partial charge >= 0.3 is 0 Å². The number of benzene rings is 1. The summed E-state index contributed by atoms with van der Waals surface area (Å²) in [6, 6.07) is 8.07. The van der Waals surface area contributed by atoms with Crippen molar-refractivity contribution in [3.63, 3.8) is 0 Å². The molecular formula is C19H24ClN5O. The number of likely N-dealkylation sites (tertiary alicyclic amines) is 1. The third-order valence-corrected chi connectivity index (χ3v) is 5.53. The lowest BCUT2D eigenvalue weighted by Crippen LogP contribution is -2.37. The molecule has 3 N–H and O–H groups in total. The highest BCUT2D eigenvalue weighted by Gasteiger charge is 2.26. The zero-order valence-corrected chi connectivity index (χ0v) is 15.5. The van der Waals surface area contributed by atoms with E-state index in [2.05, 4.69) is 31.8 Å². The van der Waals surface area contributed by atoms with Crippen LogP contribution < -0.4 is 10.6 Å². The number of fused-ring (bicyclic) bond motifs is 1. The second kappa shape index (κ2) is 7.78. The van der Waals surface area contributed by atoms with E-state index in [1.165, 1.54) is 12.8 Å². The summed E-state index contributed by atoms with van der Waals surface area (Å²) in [5, 5.41) is 14.4. The summed E-state index contributed by atoms with van der Waals surface area (Å²) in [5.74, 6) is -0.113. The number of rotatable bonds is 5. The molecule has 1 unspecified atom stereocenters. The largest absolute Gasteiger partial charge is 0.349 e. The first-order valence-electron chi connectivity index (χ1n) is 9.27. The number of aromatic nitrogens is 2. The van der Waals surface area contributed by atoms with Gasteiger partial charge in [0.1, 0.15) is 0 Å². The van der Waals surface area contributed by atoms with Gasteiger partial charge in [-0.3, -0.25) is 14.8 Å². The molecule has 3 heterocycles. The molecule has 1 atom stereocenters. The Morgan fingerprint density at radius 3 is 3.00 bits per heavy atom. The number of nitrogens with zero attached hydrogens (tertiary/aromatic N) is 2. The Labute approximate surface area is 158 Å². The highest BCUT2D eigenvalue weighted by atomic mass is 35.5. The highest BCUT2D eigenvalue weighted by molar-refractivity contribution is 6.30. The number of amides is 1. The molecular weight excluding hydrogens is 350 g/mol. The van der Waals surface area contributed by atoms with Crippen LogP contribution in [0.25, 0.3) is 0 Å². The summed E-state index contributed by atoms with van der Waals surface area (Å²) < 4.78 is 0. The first-order chi connectivity index (χ1) is 12.7. The minimum atomic E-state index is -0.113. The van der Waals surface area contributed by atoms with E-state index >= 15 is 0 Å². The standard InChI is InChI=1S/C19H24ClN5O/c20-14-5-3-4-13(10-14)17(25-8-1-2-9-25)12-22-19(26)18-15-11-21-7-6-16(15)23-24-18/h3-5,10,17,21H,1-2,6-9,11-12H2,(H,22,26)(H,23,24). The van der Waals surface area contributed by atoms with Gasteiger partial charge in [-0.2, -0.15) is 5.10 Å². The summed E-state index contributed by atoms with van der Waals surface area (Å²) in [5.41, 5.74) is 3.72. The molecule has 1 fully saturated rings. The zero-order valence-electron chi connectivity index (χ0n) is 14.7. The average molecular weight is 374 g/mol. The number of carbonyl (C=O) groups is 1. The normalized spacial score (nSPS) is 18.5. The van der Waals surface area contributed by atoms with Gasteiger partial charge < -0.3 is 10.6 Å². The number of aromatic amines is 1. The van der Waals surface area contributed by atoms with Gasteiger partial charge in [0.2, 0.25) is 0 Å². The van der Waals surface area contributed by atoms with E-state index in [4.69, 9.17) is 11.6 Å². The Kier molecular flexibility index (Phi) is 5.24. The summed E-state index contributed by atoms with van der Waals surface area (Å²) in [4.78, 5) is 15.2. The van der Waals surface area contributed by atoms with Gasteiger partial charge in [-0.1, -0.05) is 23.7 Å². The molecule has 2 aliphatic heterocycles. The molecule has 7 heteroatoms. The SMILES string of the molecule is O=C(NCC(c1cccc(Cl)c1)N1CCCC1)c1n[nH]c2c1CNCC2. The molecule has 138 valence electrons. The lowest BCUT2D eigenvalue weighted by atomic mass is 10.0. The molecule has 0 saturated carbocycles. The predicted molar refractivity (Wildman–Crippen MR) is 101 cm³/mol. The van der Waals surface area contributed by atoms with Crippen molar-refractivity contribution in [3.05, 3.63) is 51.8 Å². The van der Waals surface area contributed by atoms with Crippen molar-refractivity contribution in [1.82, 2.24) is 25.7 Å². The van der Waals surface area contributed by atoms with Gasteiger partial charge in [0.25, 0.3) is 5.91 Å². The topological polar surface area (TPSA) is 73.0 Å². The molecule has 2 aromatic rings. The van der Waals surface area contributed by atoms with Crippen molar-refractivity contribution >= 4 is 17.5 Å². The van der Waals surface area contributed by atoms with Crippen LogP contribution in [0.5, 0.6) is 0 Å². The van der Waals surface area contributed by atoms with Gasteiger partial charge in [-0.15, -0.1) is 0 Å². The quantitative estimate of drug-likeness (QED) is 0.751. The predicted octanol–water partition coefficient (Wildman–Crippen LogP) is 2.28. The summed E-state index contributed by atoms with van der Waals surface area (Å²) >= 11 is 6.19. The smallest absolute Gasteiger partial charge is 0.272 e. The Bertz CT molecular complexity index is 784. The lowest BCUT2D eigenvalue weighted by Gasteiger charge is -2.28. The van der Waals surface area contributed by atoms with E-state index in [9.17, 15) is 4.79 Å². The molecule has 2 aliphatic rings. The van der Waals surface area contributed by atoms with Crippen molar-refractivity contribution in [2.45, 2.75) is 31.8 Å². The van der Waals surface area contributed by atoms with Gasteiger partial charge in [-0.05, 0) is 43.6 Å². The van der Waals surface area contributed by atoms with Crippen LogP contribution in [0.2, 0.25) is 5.02 Å². The van der Waals surface area contributed by atoms with Crippen molar-refractivity contribution in [3.8, 4) is 0 Å². The van der Waals surface area contributed by atoms with E-state index in [1.54, 1.807) is 0 Å². The molecule has 0 spiro atoms. The van der Waals surface area contributed by atoms with Crippen LogP contribution >= 0.6 is 11.6 Å². The molecule has 1 aromatic carbocycles. The van der Waals surface area contributed by atoms with Crippen molar-refractivity contribution < 1.29 is 4.79 Å². The van der Waals surface area contributed by atoms with Gasteiger partial charge in [0.15, 0.2) is 5.69 Å². The Hall–Kier alpha value is -1.89. The highest BCUT2D eigenvalue weighted by Crippen LogP contribution is 2.26. The summed E-state index contributed by atoms with van der Waals surface area (Å²) in [6.45, 7) is 4.26. The maximum Gasteiger partial charge on any atom is 0.272 e. The molecule has 26 heavy (non-hydrogen) atoms. The average Bonchev–Trinajstić information content (AvgIpc) is 3.32. The van der Waals surface area contributed by atoms with Gasteiger partial charge in [0, 0.05) is 42.3 Å². The lowest BCUT2D eigenvalue weighted by molar-refractivity contribution is 0.0931. The maximum absolute atomic E-state index is 12.7. The minimum absolute atomic E-state index is 0.113. The number of carbonyl (C=O) groups excluding carboxylic acids is 1. The third kappa shape index (κ3) is 3.63. The molecule has 0 radical (unpaired) electrons. The molecule has 4 rings (SSSR count). The second-order valence-electron chi connectivity index (χ2n) is 6.98. The second-order valence-corrected chi connectivity index (χ2v) is 7.42. The fraction of sp³-hybridized carbons (Fsp3) is 0.474. The fourth-order valence-corrected chi connectivity index (χ4v) is 4.11. The molecule has 6 nitrogen and oxygen atoms in total. The first kappa shape index (κ1) is 17.5. The molecule has 0 bridgehead atoms. The first-order valence-corrected chi connectivity index (χ1v) is 9.64. The number of hydrogen-bond acceptors (Lipinski definition) is 4. The van der Waals surface area contributed by atoms with E-state index in [0.717, 1.165) is 47.9 Å². The van der Waals surface area contributed by atoms with Gasteiger partial charge in [0.05, 0.1) is 6.04 Å². The number of H-pyrrole nitrogens is 1. The van der Waals surface area contributed by atoms with Crippen molar-refractivity contribution in [2.24, 2.45) is 0 Å². The summed E-state index contributed by atoms with van der Waals surface area (Å²) in [6.07, 6.45) is 3.28. The van der Waals surface area contributed by atoms with Gasteiger partial charge in [-0.25, -0.2) is 0 Å². The summed E-state index contributed by atoms with van der Waals surface area (Å²) in [7, 11) is 0. The van der Waals surface area contributed by atoms with Crippen molar-refractivity contribution in [1.29, 1.82) is 0 Å². The van der Waals surface area contributed by atoms with Crippen LogP contribution in [0.4, 0.5) is 0 Å². The number of nitrogens with one attached hydrogen (secondary N) is 3. The monoisotopic (exact) mass is 373 g/mol. The Morgan fingerprint density at radius 1 is 1.35 bits per heavy atom. The third-order valence-electron chi connectivity index (χ3n) is 5.29. The Balaban J connectivity index is 1.49. The van der Waals surface area contributed by atoms with Crippen LogP contribution in [0, 0.1) is 0 Å². The van der Waals surface area contributed by atoms with E-state index in [-0.39, 0.29) is 11.9 Å². The van der Waals surface area contributed by atoms with Crippen LogP contribution in [-0.4, -0.2) is 47.2 Å². The number of hydrogen-bond donors (Lipinski definition) is 3. The molecule has 1 saturated heterocycles. The molecule has 1 amide bonds. The van der Waals surface area contributed by atoms with Crippen LogP contribution in [-0.2, 0) is 13.0 Å². The zero-order chi connectivity index (χ0) is 17.9. The van der Waals surface area contributed by atoms with Crippen LogP contribution in [0.3, 0.4) is 0 Å². The maximum atomic E-state index is 12.7. The van der Waals surface area contributed by atoms with E-state index in [0.29, 0.717) is 18.8 Å². The van der Waals surface area contributed by atoms with Crippen LogP contribution in [0.1, 0.15) is 46.2 Å². The van der Waals surface area contributed by atoms with E-state index in [1.807, 2.05) is 18.2 Å². The van der Waals surface area contributed by atoms with E-state index < -0.39 is 0 Å². The fourth-order valence-electron chi connectivity index (χ4n) is 3.91. The van der Waals surface area contributed by atoms with Crippen LogP contribution in [0.15, 0.2) is 24.3 Å². The Morgan fingerprint density at radius 2 is 2.19 bits per heavy atom. The number of halogens is 1. The molecule has 1 aromatic heterocycles. The molecule has 0 aliphatic carbocycles. The van der Waals surface area contributed by atoms with Crippen molar-refractivity contribution in [2.75, 3.05) is 26.2 Å².